The average molecular weight is 350 g/mol. The van der Waals surface area contributed by atoms with E-state index in [1.165, 1.54) is 4.90 Å². The van der Waals surface area contributed by atoms with Crippen LogP contribution in [-0.4, -0.2) is 57.0 Å². The van der Waals surface area contributed by atoms with Crippen molar-refractivity contribution >= 4 is 12.0 Å². The molecule has 0 aromatic heterocycles. The molecule has 0 radical (unpaired) electrons. The zero-order chi connectivity index (χ0) is 18.4. The van der Waals surface area contributed by atoms with Crippen molar-refractivity contribution < 1.29 is 24.9 Å². The van der Waals surface area contributed by atoms with Crippen molar-refractivity contribution in [3.05, 3.63) is 35.9 Å². The summed E-state index contributed by atoms with van der Waals surface area (Å²) in [7, 11) is 0. The lowest BCUT2D eigenvalue weighted by molar-refractivity contribution is -0.145. The summed E-state index contributed by atoms with van der Waals surface area (Å²) in [4.78, 5) is 24.8. The van der Waals surface area contributed by atoms with Gasteiger partial charge in [-0.05, 0) is 25.3 Å². The van der Waals surface area contributed by atoms with Crippen LogP contribution in [0.15, 0.2) is 30.3 Å². The highest BCUT2D eigenvalue weighted by Crippen LogP contribution is 2.26. The summed E-state index contributed by atoms with van der Waals surface area (Å²) in [5.74, 6) is -0.489. The molecule has 2 atom stereocenters. The number of nitrogens with one attached hydrogen (secondary N) is 1. The fraction of sp³-hybridized carbons (Fsp3) is 0.556. The Morgan fingerprint density at radius 3 is 2.32 bits per heavy atom. The van der Waals surface area contributed by atoms with Crippen LogP contribution in [-0.2, 0) is 4.79 Å². The molecule has 7 nitrogen and oxygen atoms in total. The highest BCUT2D eigenvalue weighted by molar-refractivity contribution is 5.85. The third kappa shape index (κ3) is 5.17. The molecule has 7 heteroatoms. The van der Waals surface area contributed by atoms with Gasteiger partial charge in [-0.3, -0.25) is 4.79 Å². The zero-order valence-corrected chi connectivity index (χ0v) is 14.4. The van der Waals surface area contributed by atoms with Gasteiger partial charge in [0, 0.05) is 25.9 Å². The average Bonchev–Trinajstić information content (AvgIpc) is 2.59. The van der Waals surface area contributed by atoms with Crippen LogP contribution in [0.3, 0.4) is 0 Å². The van der Waals surface area contributed by atoms with Gasteiger partial charge < -0.3 is 25.5 Å². The first-order chi connectivity index (χ1) is 11.8. The van der Waals surface area contributed by atoms with Gasteiger partial charge in [-0.25, -0.2) is 4.79 Å². The predicted octanol–water partition coefficient (Wildman–Crippen LogP) is 1.51. The number of hydrogen-bond acceptors (Lipinski definition) is 4. The van der Waals surface area contributed by atoms with E-state index in [1.54, 1.807) is 6.92 Å². The van der Waals surface area contributed by atoms with Gasteiger partial charge in [-0.1, -0.05) is 30.3 Å². The Labute approximate surface area is 147 Å². The first-order valence-corrected chi connectivity index (χ1v) is 8.56. The number of carbonyl (C=O) groups is 2. The van der Waals surface area contributed by atoms with Crippen molar-refractivity contribution in [2.75, 3.05) is 13.1 Å². The van der Waals surface area contributed by atoms with E-state index in [0.29, 0.717) is 12.8 Å². The normalized spacial score (nSPS) is 19.1. The minimum Gasteiger partial charge on any atom is -0.465 e. The molecule has 1 aromatic rings. The molecule has 4 N–H and O–H groups in total. The van der Waals surface area contributed by atoms with Crippen LogP contribution in [0, 0.1) is 0 Å². The molecular formula is C18H26N2O5. The topological polar surface area (TPSA) is 110 Å². The summed E-state index contributed by atoms with van der Waals surface area (Å²) in [5, 5.41) is 32.0. The van der Waals surface area contributed by atoms with Gasteiger partial charge in [-0.2, -0.15) is 0 Å². The standard InChI is InChI=1S/C18H26N2O5/c1-13(21)7-8-15(14-5-3-2-4-6-14)19-16(22)18(25)9-11-20(12-10-18)17(23)24/h2-6,13,15,21,25H,7-12H2,1H3,(H,19,22)(H,23,24). The maximum absolute atomic E-state index is 12.6. The lowest BCUT2D eigenvalue weighted by atomic mass is 9.89. The molecule has 1 fully saturated rings. The van der Waals surface area contributed by atoms with Gasteiger partial charge >= 0.3 is 6.09 Å². The Kier molecular flexibility index (Phi) is 6.39. The van der Waals surface area contributed by atoms with E-state index >= 15 is 0 Å². The molecule has 1 saturated heterocycles. The second-order valence-corrected chi connectivity index (χ2v) is 6.66. The number of hydrogen-bond donors (Lipinski definition) is 4. The Morgan fingerprint density at radius 2 is 1.80 bits per heavy atom. The van der Waals surface area contributed by atoms with E-state index in [4.69, 9.17) is 5.11 Å². The van der Waals surface area contributed by atoms with Gasteiger partial charge in [0.15, 0.2) is 0 Å². The first-order valence-electron chi connectivity index (χ1n) is 8.56. The molecule has 138 valence electrons. The SMILES string of the molecule is CC(O)CCC(NC(=O)C1(O)CCN(C(=O)O)CC1)c1ccccc1. The summed E-state index contributed by atoms with van der Waals surface area (Å²) >= 11 is 0. The number of nitrogens with zero attached hydrogens (tertiary/aromatic N) is 1. The zero-order valence-electron chi connectivity index (χ0n) is 14.4. The molecule has 2 rings (SSSR count). The van der Waals surface area contributed by atoms with Crippen LogP contribution in [0.5, 0.6) is 0 Å². The molecule has 0 spiro atoms. The fourth-order valence-electron chi connectivity index (χ4n) is 3.00. The molecule has 1 aliphatic rings. The summed E-state index contributed by atoms with van der Waals surface area (Å²) in [6.07, 6.45) is -0.311. The Hall–Kier alpha value is -2.12. The molecule has 0 saturated carbocycles. The second-order valence-electron chi connectivity index (χ2n) is 6.66. The van der Waals surface area contributed by atoms with Gasteiger partial charge in [0.25, 0.3) is 5.91 Å². The highest BCUT2D eigenvalue weighted by atomic mass is 16.4. The number of aliphatic hydroxyl groups excluding tert-OH is 1. The number of rotatable bonds is 6. The Bertz CT molecular complexity index is 582. The molecule has 1 aromatic carbocycles. The van der Waals surface area contributed by atoms with Crippen LogP contribution >= 0.6 is 0 Å². The lowest BCUT2D eigenvalue weighted by Gasteiger charge is -2.36. The number of carbonyl (C=O) groups excluding carboxylic acids is 1. The first kappa shape index (κ1) is 19.2. The van der Waals surface area contributed by atoms with Crippen LogP contribution in [0.25, 0.3) is 0 Å². The summed E-state index contributed by atoms with van der Waals surface area (Å²) in [5.41, 5.74) is -0.660. The van der Waals surface area contributed by atoms with Crippen molar-refractivity contribution in [1.29, 1.82) is 0 Å². The molecule has 1 aliphatic heterocycles. The number of aliphatic hydroxyl groups is 2. The van der Waals surface area contributed by atoms with Crippen molar-refractivity contribution in [3.63, 3.8) is 0 Å². The van der Waals surface area contributed by atoms with Crippen molar-refractivity contribution in [2.45, 2.75) is 50.4 Å². The minimum atomic E-state index is -1.57. The fourth-order valence-corrected chi connectivity index (χ4v) is 3.00. The Balaban J connectivity index is 2.04. The van der Waals surface area contributed by atoms with E-state index in [1.807, 2.05) is 30.3 Å². The van der Waals surface area contributed by atoms with E-state index in [9.17, 15) is 19.8 Å². The minimum absolute atomic E-state index is 0.0725. The smallest absolute Gasteiger partial charge is 0.407 e. The van der Waals surface area contributed by atoms with Crippen LogP contribution in [0.1, 0.15) is 44.2 Å². The predicted molar refractivity (Wildman–Crippen MR) is 92.0 cm³/mol. The van der Waals surface area contributed by atoms with E-state index in [2.05, 4.69) is 5.32 Å². The molecule has 2 amide bonds. The Morgan fingerprint density at radius 1 is 1.20 bits per heavy atom. The molecular weight excluding hydrogens is 324 g/mol. The van der Waals surface area contributed by atoms with Crippen molar-refractivity contribution in [1.82, 2.24) is 10.2 Å². The third-order valence-corrected chi connectivity index (χ3v) is 4.66. The van der Waals surface area contributed by atoms with E-state index in [0.717, 1.165) is 5.56 Å². The molecule has 0 bridgehead atoms. The quantitative estimate of drug-likeness (QED) is 0.622. The number of piperidine rings is 1. The van der Waals surface area contributed by atoms with Crippen LogP contribution < -0.4 is 5.32 Å². The number of likely N-dealkylation sites (tertiary alicyclic amines) is 1. The highest BCUT2D eigenvalue weighted by Gasteiger charge is 2.41. The molecule has 1 heterocycles. The van der Waals surface area contributed by atoms with Gasteiger partial charge in [-0.15, -0.1) is 0 Å². The van der Waals surface area contributed by atoms with Crippen molar-refractivity contribution in [3.8, 4) is 0 Å². The molecule has 25 heavy (non-hydrogen) atoms. The summed E-state index contributed by atoms with van der Waals surface area (Å²) in [6, 6.07) is 9.10. The summed E-state index contributed by atoms with van der Waals surface area (Å²) < 4.78 is 0. The maximum atomic E-state index is 12.6. The summed E-state index contributed by atoms with van der Waals surface area (Å²) in [6.45, 7) is 1.95. The van der Waals surface area contributed by atoms with Crippen LogP contribution in [0.2, 0.25) is 0 Å². The van der Waals surface area contributed by atoms with Gasteiger partial charge in [0.1, 0.15) is 5.60 Å². The van der Waals surface area contributed by atoms with Crippen LogP contribution in [0.4, 0.5) is 4.79 Å². The third-order valence-electron chi connectivity index (χ3n) is 4.66. The van der Waals surface area contributed by atoms with Gasteiger partial charge in [0.05, 0.1) is 12.1 Å². The number of amides is 2. The molecule has 2 unspecified atom stereocenters. The second kappa shape index (κ2) is 8.31. The monoisotopic (exact) mass is 350 g/mol. The number of carboxylic acid groups (broad SMARTS) is 1. The maximum Gasteiger partial charge on any atom is 0.407 e. The molecule has 0 aliphatic carbocycles. The van der Waals surface area contributed by atoms with E-state index in [-0.39, 0.29) is 32.0 Å². The largest absolute Gasteiger partial charge is 0.465 e. The van der Waals surface area contributed by atoms with Crippen molar-refractivity contribution in [2.24, 2.45) is 0 Å². The number of benzene rings is 1. The lowest BCUT2D eigenvalue weighted by Crippen LogP contribution is -2.55. The van der Waals surface area contributed by atoms with E-state index < -0.39 is 23.7 Å². The van der Waals surface area contributed by atoms with Gasteiger partial charge in [0.2, 0.25) is 0 Å².